The highest BCUT2D eigenvalue weighted by Gasteiger charge is 2.07. The molecule has 0 saturated carbocycles. The zero-order chi connectivity index (χ0) is 14.8. The molecule has 106 valence electrons. The number of benzene rings is 2. The molecule has 0 unspecified atom stereocenters. The van der Waals surface area contributed by atoms with Crippen LogP contribution in [-0.2, 0) is 0 Å². The molecule has 0 amide bonds. The second kappa shape index (κ2) is 5.70. The summed E-state index contributed by atoms with van der Waals surface area (Å²) in [5, 5.41) is 6.41. The minimum atomic E-state index is 0.927. The maximum Gasteiger partial charge on any atom is 0.187 e. The van der Waals surface area contributed by atoms with Gasteiger partial charge in [-0.15, -0.1) is 11.3 Å². The van der Waals surface area contributed by atoms with Gasteiger partial charge in [-0.25, -0.2) is 4.98 Å². The van der Waals surface area contributed by atoms with Crippen LogP contribution in [0, 0.1) is 20.8 Å². The van der Waals surface area contributed by atoms with Gasteiger partial charge in [0.2, 0.25) is 0 Å². The van der Waals surface area contributed by atoms with Crippen molar-refractivity contribution >= 4 is 22.2 Å². The van der Waals surface area contributed by atoms with Crippen LogP contribution in [0.2, 0.25) is 0 Å². The summed E-state index contributed by atoms with van der Waals surface area (Å²) in [7, 11) is 0. The molecule has 21 heavy (non-hydrogen) atoms. The van der Waals surface area contributed by atoms with Crippen molar-refractivity contribution in [2.75, 3.05) is 5.32 Å². The van der Waals surface area contributed by atoms with Gasteiger partial charge in [0.15, 0.2) is 5.13 Å². The quantitative estimate of drug-likeness (QED) is 0.692. The van der Waals surface area contributed by atoms with Gasteiger partial charge in [0.05, 0.1) is 5.69 Å². The predicted molar refractivity (Wildman–Crippen MR) is 91.5 cm³/mol. The SMILES string of the molecule is Cc1cccc(Nc2nc(-c3cc(C)ccc3C)cs2)c1. The monoisotopic (exact) mass is 294 g/mol. The number of aromatic nitrogens is 1. The fraction of sp³-hybridized carbons (Fsp3) is 0.167. The van der Waals surface area contributed by atoms with Crippen molar-refractivity contribution in [2.24, 2.45) is 0 Å². The van der Waals surface area contributed by atoms with Crippen molar-refractivity contribution in [2.45, 2.75) is 20.8 Å². The second-order valence-corrected chi connectivity index (χ2v) is 6.21. The van der Waals surface area contributed by atoms with E-state index in [0.29, 0.717) is 0 Å². The first-order chi connectivity index (χ1) is 10.1. The molecule has 0 aliphatic carbocycles. The average Bonchev–Trinajstić information content (AvgIpc) is 2.90. The highest BCUT2D eigenvalue weighted by molar-refractivity contribution is 7.14. The highest BCUT2D eigenvalue weighted by Crippen LogP contribution is 2.29. The Balaban J connectivity index is 1.88. The fourth-order valence-corrected chi connectivity index (χ4v) is 3.04. The molecule has 0 atom stereocenters. The Morgan fingerprint density at radius 3 is 2.57 bits per heavy atom. The number of nitrogens with one attached hydrogen (secondary N) is 1. The Kier molecular flexibility index (Phi) is 3.76. The van der Waals surface area contributed by atoms with E-state index in [2.05, 4.69) is 73.9 Å². The largest absolute Gasteiger partial charge is 0.332 e. The lowest BCUT2D eigenvalue weighted by Crippen LogP contribution is -1.90. The molecule has 0 fully saturated rings. The maximum absolute atomic E-state index is 4.71. The molecule has 0 bridgehead atoms. The van der Waals surface area contributed by atoms with Crippen LogP contribution in [-0.4, -0.2) is 4.98 Å². The standard InChI is InChI=1S/C18H18N2S/c1-12-5-4-6-15(9-12)19-18-20-17(11-21-18)16-10-13(2)7-8-14(16)3/h4-11H,1-3H3,(H,19,20). The molecule has 0 spiro atoms. The molecule has 1 heterocycles. The van der Waals surface area contributed by atoms with E-state index in [4.69, 9.17) is 4.98 Å². The topological polar surface area (TPSA) is 24.9 Å². The van der Waals surface area contributed by atoms with E-state index < -0.39 is 0 Å². The van der Waals surface area contributed by atoms with Crippen LogP contribution >= 0.6 is 11.3 Å². The first-order valence-electron chi connectivity index (χ1n) is 6.99. The van der Waals surface area contributed by atoms with Crippen LogP contribution in [0.15, 0.2) is 47.8 Å². The molecule has 2 aromatic carbocycles. The number of thiazole rings is 1. The van der Waals surface area contributed by atoms with E-state index >= 15 is 0 Å². The third-order valence-electron chi connectivity index (χ3n) is 3.44. The molecule has 3 heteroatoms. The summed E-state index contributed by atoms with van der Waals surface area (Å²) in [6, 6.07) is 14.8. The molecule has 0 saturated heterocycles. The Bertz CT molecular complexity index is 774. The average molecular weight is 294 g/mol. The molecule has 3 rings (SSSR count). The summed E-state index contributed by atoms with van der Waals surface area (Å²) in [4.78, 5) is 4.71. The zero-order valence-corrected chi connectivity index (χ0v) is 13.3. The van der Waals surface area contributed by atoms with Crippen LogP contribution in [0.1, 0.15) is 16.7 Å². The van der Waals surface area contributed by atoms with Gasteiger partial charge < -0.3 is 5.32 Å². The number of anilines is 2. The maximum atomic E-state index is 4.71. The van der Waals surface area contributed by atoms with Crippen molar-refractivity contribution in [1.29, 1.82) is 0 Å². The molecule has 0 aliphatic rings. The molecule has 0 radical (unpaired) electrons. The van der Waals surface area contributed by atoms with Crippen LogP contribution in [0.5, 0.6) is 0 Å². The van der Waals surface area contributed by atoms with E-state index in [-0.39, 0.29) is 0 Å². The minimum Gasteiger partial charge on any atom is -0.332 e. The summed E-state index contributed by atoms with van der Waals surface area (Å²) in [5.74, 6) is 0. The lowest BCUT2D eigenvalue weighted by Gasteiger charge is -2.05. The van der Waals surface area contributed by atoms with Gasteiger partial charge in [0, 0.05) is 16.6 Å². The Labute approximate surface area is 129 Å². The van der Waals surface area contributed by atoms with Crippen molar-refractivity contribution in [3.05, 3.63) is 64.5 Å². The number of nitrogens with zero attached hydrogens (tertiary/aromatic N) is 1. The third-order valence-corrected chi connectivity index (χ3v) is 4.20. The first kappa shape index (κ1) is 13.8. The molecule has 1 aromatic heterocycles. The Hall–Kier alpha value is -2.13. The number of aryl methyl sites for hydroxylation is 3. The van der Waals surface area contributed by atoms with Crippen molar-refractivity contribution in [1.82, 2.24) is 4.98 Å². The van der Waals surface area contributed by atoms with Gasteiger partial charge in [-0.05, 0) is 50.1 Å². The molecule has 2 nitrogen and oxygen atoms in total. The van der Waals surface area contributed by atoms with E-state index in [0.717, 1.165) is 16.5 Å². The normalized spacial score (nSPS) is 10.6. The summed E-state index contributed by atoms with van der Waals surface area (Å²) in [6.07, 6.45) is 0. The van der Waals surface area contributed by atoms with Gasteiger partial charge in [-0.1, -0.05) is 29.8 Å². The van der Waals surface area contributed by atoms with Crippen molar-refractivity contribution in [3.63, 3.8) is 0 Å². The summed E-state index contributed by atoms with van der Waals surface area (Å²) < 4.78 is 0. The Morgan fingerprint density at radius 2 is 1.76 bits per heavy atom. The molecule has 1 N–H and O–H groups in total. The van der Waals surface area contributed by atoms with E-state index in [1.807, 2.05) is 0 Å². The smallest absolute Gasteiger partial charge is 0.187 e. The van der Waals surface area contributed by atoms with Crippen LogP contribution < -0.4 is 5.32 Å². The number of hydrogen-bond donors (Lipinski definition) is 1. The molecular formula is C18H18N2S. The lowest BCUT2D eigenvalue weighted by molar-refractivity contribution is 1.33. The number of hydrogen-bond acceptors (Lipinski definition) is 3. The first-order valence-corrected chi connectivity index (χ1v) is 7.86. The molecule has 3 aromatic rings. The third kappa shape index (κ3) is 3.14. The zero-order valence-electron chi connectivity index (χ0n) is 12.5. The lowest BCUT2D eigenvalue weighted by atomic mass is 10.0. The van der Waals surface area contributed by atoms with Crippen LogP contribution in [0.4, 0.5) is 10.8 Å². The summed E-state index contributed by atoms with van der Waals surface area (Å²) >= 11 is 1.64. The fourth-order valence-electron chi connectivity index (χ4n) is 2.31. The van der Waals surface area contributed by atoms with E-state index in [1.165, 1.54) is 22.3 Å². The van der Waals surface area contributed by atoms with Gasteiger partial charge in [-0.2, -0.15) is 0 Å². The van der Waals surface area contributed by atoms with Gasteiger partial charge >= 0.3 is 0 Å². The summed E-state index contributed by atoms with van der Waals surface area (Å²) in [5.41, 5.74) is 7.09. The van der Waals surface area contributed by atoms with Crippen molar-refractivity contribution in [3.8, 4) is 11.3 Å². The second-order valence-electron chi connectivity index (χ2n) is 5.35. The van der Waals surface area contributed by atoms with Crippen molar-refractivity contribution < 1.29 is 0 Å². The molecular weight excluding hydrogens is 276 g/mol. The summed E-state index contributed by atoms with van der Waals surface area (Å²) in [6.45, 7) is 6.33. The van der Waals surface area contributed by atoms with Gasteiger partial charge in [0.1, 0.15) is 0 Å². The Morgan fingerprint density at radius 1 is 0.952 bits per heavy atom. The van der Waals surface area contributed by atoms with Crippen LogP contribution in [0.3, 0.4) is 0 Å². The predicted octanol–water partition coefficient (Wildman–Crippen LogP) is 5.48. The van der Waals surface area contributed by atoms with Gasteiger partial charge in [-0.3, -0.25) is 0 Å². The van der Waals surface area contributed by atoms with Gasteiger partial charge in [0.25, 0.3) is 0 Å². The number of rotatable bonds is 3. The minimum absolute atomic E-state index is 0.927. The van der Waals surface area contributed by atoms with E-state index in [9.17, 15) is 0 Å². The van der Waals surface area contributed by atoms with E-state index in [1.54, 1.807) is 11.3 Å². The highest BCUT2D eigenvalue weighted by atomic mass is 32.1. The van der Waals surface area contributed by atoms with Crippen LogP contribution in [0.25, 0.3) is 11.3 Å². The molecule has 0 aliphatic heterocycles.